The van der Waals surface area contributed by atoms with E-state index in [1.54, 1.807) is 78.0 Å². The molecule has 15 nitrogen and oxygen atoms in total. The van der Waals surface area contributed by atoms with E-state index in [0.29, 0.717) is 17.6 Å². The lowest BCUT2D eigenvalue weighted by Crippen LogP contribution is -2.57. The molecule has 0 saturated heterocycles. The molecule has 2 unspecified atom stereocenters. The summed E-state index contributed by atoms with van der Waals surface area (Å²) in [4.78, 5) is 93.4. The van der Waals surface area contributed by atoms with E-state index in [1.165, 1.54) is 26.8 Å². The van der Waals surface area contributed by atoms with E-state index in [2.05, 4.69) is 26.6 Å². The lowest BCUT2D eigenvalue weighted by Gasteiger charge is -2.30. The molecule has 0 radical (unpaired) electrons. The van der Waals surface area contributed by atoms with Gasteiger partial charge in [0.15, 0.2) is 6.10 Å². The van der Waals surface area contributed by atoms with E-state index in [0.717, 1.165) is 0 Å². The van der Waals surface area contributed by atoms with Crippen LogP contribution in [-0.2, 0) is 49.5 Å². The number of aliphatic hydroxyl groups is 1. The Hall–Kier alpha value is -5.05. The summed E-state index contributed by atoms with van der Waals surface area (Å²) >= 11 is 0. The number of amides is 5. The highest BCUT2D eigenvalue weighted by atomic mass is 16.6. The SMILES string of the molecule is C/C=C(\C)[C@H]1OC(=O)[C@H](C)NC(=O)[C@H]([C@@H](C)CC)NC(=O)CNC(=O)C(Cc2ccccc2)NC(=O)[C@@H](C)NC(=O)C(C(C)C)OC(=O)/C(C)=C/C[C@H](O)[C@@H]1C. The zero-order valence-electron chi connectivity index (χ0n) is 34.3. The number of allylic oxidation sites excluding steroid dienone is 1. The van der Waals surface area contributed by atoms with E-state index in [1.807, 2.05) is 6.92 Å². The lowest BCUT2D eigenvalue weighted by molar-refractivity contribution is -0.155. The summed E-state index contributed by atoms with van der Waals surface area (Å²) in [5.74, 6) is -6.58. The summed E-state index contributed by atoms with van der Waals surface area (Å²) < 4.78 is 11.4. The quantitative estimate of drug-likeness (QED) is 0.183. The fraction of sp³-hybridized carbons (Fsp3) is 0.585. The second kappa shape index (κ2) is 22.5. The summed E-state index contributed by atoms with van der Waals surface area (Å²) in [6.07, 6.45) is 0.448. The van der Waals surface area contributed by atoms with Crippen LogP contribution < -0.4 is 26.6 Å². The number of carbonyl (C=O) groups is 7. The van der Waals surface area contributed by atoms with Gasteiger partial charge in [0.1, 0.15) is 30.3 Å². The number of hydrogen-bond acceptors (Lipinski definition) is 10. The van der Waals surface area contributed by atoms with Gasteiger partial charge in [0.05, 0.1) is 12.6 Å². The monoisotopic (exact) mass is 783 g/mol. The maximum Gasteiger partial charge on any atom is 0.334 e. The summed E-state index contributed by atoms with van der Waals surface area (Å²) in [5, 5.41) is 24.2. The molecule has 1 aromatic carbocycles. The van der Waals surface area contributed by atoms with Crippen molar-refractivity contribution >= 4 is 41.5 Å². The van der Waals surface area contributed by atoms with Crippen molar-refractivity contribution in [1.82, 2.24) is 26.6 Å². The predicted octanol–water partition coefficient (Wildman–Crippen LogP) is 2.16. The number of cyclic esters (lactones) is 2. The van der Waals surface area contributed by atoms with Crippen molar-refractivity contribution in [2.75, 3.05) is 6.54 Å². The van der Waals surface area contributed by atoms with Crippen LogP contribution in [0.2, 0.25) is 0 Å². The Balaban J connectivity index is 2.51. The number of esters is 2. The van der Waals surface area contributed by atoms with Crippen LogP contribution in [0.4, 0.5) is 0 Å². The first-order valence-electron chi connectivity index (χ1n) is 19.2. The molecule has 0 aromatic heterocycles. The van der Waals surface area contributed by atoms with Crippen LogP contribution in [0.3, 0.4) is 0 Å². The molecule has 0 bridgehead atoms. The van der Waals surface area contributed by atoms with Gasteiger partial charge < -0.3 is 41.2 Å². The Morgan fingerprint density at radius 2 is 1.48 bits per heavy atom. The molecule has 1 aromatic rings. The maximum absolute atomic E-state index is 13.5. The van der Waals surface area contributed by atoms with Gasteiger partial charge in [0, 0.05) is 17.9 Å². The molecule has 1 aliphatic heterocycles. The molecule has 56 heavy (non-hydrogen) atoms. The Morgan fingerprint density at radius 3 is 2.07 bits per heavy atom. The highest BCUT2D eigenvalue weighted by Gasteiger charge is 2.34. The lowest BCUT2D eigenvalue weighted by atomic mass is 9.90. The number of ether oxygens (including phenoxy) is 2. The number of aliphatic hydroxyl groups excluding tert-OH is 1. The second-order valence-corrected chi connectivity index (χ2v) is 14.9. The van der Waals surface area contributed by atoms with Crippen LogP contribution in [0.25, 0.3) is 0 Å². The second-order valence-electron chi connectivity index (χ2n) is 14.9. The van der Waals surface area contributed by atoms with E-state index >= 15 is 0 Å². The van der Waals surface area contributed by atoms with Crippen molar-refractivity contribution in [1.29, 1.82) is 0 Å². The number of hydrogen-bond donors (Lipinski definition) is 6. The first-order valence-corrected chi connectivity index (χ1v) is 19.2. The van der Waals surface area contributed by atoms with Gasteiger partial charge in [-0.05, 0) is 64.0 Å². The first-order chi connectivity index (χ1) is 26.3. The molecule has 9 atom stereocenters. The molecule has 310 valence electrons. The first kappa shape index (κ1) is 47.1. The molecule has 2 rings (SSSR count). The molecular formula is C41H61N5O10. The van der Waals surface area contributed by atoms with Crippen molar-refractivity contribution in [2.45, 2.75) is 131 Å². The van der Waals surface area contributed by atoms with Crippen LogP contribution in [0.1, 0.15) is 87.6 Å². The molecule has 1 aliphatic rings. The molecule has 0 aliphatic carbocycles. The summed E-state index contributed by atoms with van der Waals surface area (Å²) in [5.41, 5.74) is 1.47. The number of nitrogens with one attached hydrogen (secondary N) is 5. The molecule has 1 heterocycles. The summed E-state index contributed by atoms with van der Waals surface area (Å²) in [6.45, 7) is 15.9. The van der Waals surface area contributed by atoms with Gasteiger partial charge in [-0.15, -0.1) is 0 Å². The van der Waals surface area contributed by atoms with E-state index in [4.69, 9.17) is 9.47 Å². The van der Waals surface area contributed by atoms with E-state index < -0.39 is 102 Å². The zero-order valence-corrected chi connectivity index (χ0v) is 34.3. The van der Waals surface area contributed by atoms with Crippen molar-refractivity contribution in [3.8, 4) is 0 Å². The summed E-state index contributed by atoms with van der Waals surface area (Å²) in [7, 11) is 0. The molecule has 0 saturated carbocycles. The largest absolute Gasteiger partial charge is 0.456 e. The average Bonchev–Trinajstić information content (AvgIpc) is 3.17. The zero-order chi connectivity index (χ0) is 42.3. The number of benzene rings is 1. The van der Waals surface area contributed by atoms with Crippen LogP contribution in [0, 0.1) is 17.8 Å². The number of carbonyl (C=O) groups excluding carboxylic acids is 7. The summed E-state index contributed by atoms with van der Waals surface area (Å²) in [6, 6.07) is 4.30. The minimum atomic E-state index is -1.28. The van der Waals surface area contributed by atoms with Crippen molar-refractivity contribution in [2.24, 2.45) is 17.8 Å². The van der Waals surface area contributed by atoms with Crippen molar-refractivity contribution < 1.29 is 48.1 Å². The van der Waals surface area contributed by atoms with Crippen LogP contribution >= 0.6 is 0 Å². The minimum absolute atomic E-state index is 0.0246. The van der Waals surface area contributed by atoms with Crippen LogP contribution in [0.15, 0.2) is 53.6 Å². The highest BCUT2D eigenvalue weighted by Crippen LogP contribution is 2.23. The van der Waals surface area contributed by atoms with E-state index in [9.17, 15) is 38.7 Å². The predicted molar refractivity (Wildman–Crippen MR) is 209 cm³/mol. The van der Waals surface area contributed by atoms with Gasteiger partial charge in [-0.1, -0.05) is 83.5 Å². The van der Waals surface area contributed by atoms with Crippen molar-refractivity contribution in [3.63, 3.8) is 0 Å². The minimum Gasteiger partial charge on any atom is -0.456 e. The normalized spacial score (nSPS) is 29.3. The van der Waals surface area contributed by atoms with E-state index in [-0.39, 0.29) is 24.3 Å². The Morgan fingerprint density at radius 1 is 0.857 bits per heavy atom. The molecule has 15 heteroatoms. The fourth-order valence-corrected chi connectivity index (χ4v) is 5.80. The smallest absolute Gasteiger partial charge is 0.334 e. The van der Waals surface area contributed by atoms with Crippen molar-refractivity contribution in [3.05, 3.63) is 59.2 Å². The third-order valence-corrected chi connectivity index (χ3v) is 9.93. The van der Waals surface area contributed by atoms with Gasteiger partial charge in [-0.2, -0.15) is 0 Å². The van der Waals surface area contributed by atoms with Gasteiger partial charge in [-0.3, -0.25) is 24.0 Å². The fourth-order valence-electron chi connectivity index (χ4n) is 5.80. The third-order valence-electron chi connectivity index (χ3n) is 9.93. The average molecular weight is 784 g/mol. The van der Waals surface area contributed by atoms with Gasteiger partial charge >= 0.3 is 11.9 Å². The maximum atomic E-state index is 13.5. The van der Waals surface area contributed by atoms with Gasteiger partial charge in [0.2, 0.25) is 23.6 Å². The molecular weight excluding hydrogens is 722 g/mol. The Labute approximate surface area is 330 Å². The third kappa shape index (κ3) is 14.2. The van der Waals surface area contributed by atoms with Crippen LogP contribution in [-0.4, -0.2) is 95.6 Å². The molecule has 6 N–H and O–H groups in total. The molecule has 0 spiro atoms. The van der Waals surface area contributed by atoms with Crippen LogP contribution in [0.5, 0.6) is 0 Å². The Kier molecular flexibility index (Phi) is 18.9. The van der Waals surface area contributed by atoms with Gasteiger partial charge in [-0.25, -0.2) is 9.59 Å². The number of rotatable bonds is 6. The molecule has 5 amide bonds. The molecule has 0 fully saturated rings. The topological polar surface area (TPSA) is 218 Å². The highest BCUT2D eigenvalue weighted by molar-refractivity contribution is 5.96. The van der Waals surface area contributed by atoms with Gasteiger partial charge in [0.25, 0.3) is 5.91 Å². The Bertz CT molecular complexity index is 1610. The standard InChI is InChI=1S/C41H61N5O10/c1-11-23(5)33-38(51)44-28(10)41(54)56-35(24(6)12-2)26(8)31(47)19-18-25(7)40(53)55-34(22(3)4)39(52)43-27(9)36(49)45-30(20-29-16-14-13-15-17-29)37(50)42-21-32(48)46-33/h12-18,22-23,26-28,30-31,33-35,47H,11,19-21H2,1-10H3,(H,42,50)(H,43,52)(H,44,51)(H,45,49)(H,46,48)/b24-12+,25-18+/t23-,26-,27+,28-,30?,31-,33-,34?,35+/m0/s1.